The van der Waals surface area contributed by atoms with Gasteiger partial charge >= 0.3 is 0 Å². The number of nitrogens with one attached hydrogen (secondary N) is 1. The number of amides is 1. The van der Waals surface area contributed by atoms with E-state index in [1.165, 1.54) is 12.1 Å². The standard InChI is InChI=1S/C21H32FN3O/c1-19(2,3)15-20(4,5)24-11-9-21(10-12-24)23-18(26)14-25(21)17-8-6-7-16(22)13-17/h6-8,13H,9-12,14-15H2,1-5H3,(H,23,26). The van der Waals surface area contributed by atoms with E-state index >= 15 is 0 Å². The number of carbonyl (C=O) groups excluding carboxylic acids is 1. The molecule has 26 heavy (non-hydrogen) atoms. The summed E-state index contributed by atoms with van der Waals surface area (Å²) < 4.78 is 13.7. The van der Waals surface area contributed by atoms with Crippen molar-refractivity contribution in [1.29, 1.82) is 0 Å². The van der Waals surface area contributed by atoms with Gasteiger partial charge in [0.25, 0.3) is 0 Å². The van der Waals surface area contributed by atoms with Crippen LogP contribution in [0.2, 0.25) is 0 Å². The molecular weight excluding hydrogens is 329 g/mol. The summed E-state index contributed by atoms with van der Waals surface area (Å²) in [5, 5.41) is 3.20. The molecule has 5 heteroatoms. The molecule has 0 aromatic heterocycles. The van der Waals surface area contributed by atoms with Crippen LogP contribution in [-0.2, 0) is 4.79 Å². The minimum atomic E-state index is -0.390. The molecule has 2 aliphatic rings. The van der Waals surface area contributed by atoms with Crippen molar-refractivity contribution in [3.63, 3.8) is 0 Å². The molecule has 1 aromatic rings. The first-order valence-electron chi connectivity index (χ1n) is 9.60. The fourth-order valence-electron chi connectivity index (χ4n) is 4.93. The second kappa shape index (κ2) is 6.52. The topological polar surface area (TPSA) is 35.6 Å². The Morgan fingerprint density at radius 1 is 1.15 bits per heavy atom. The van der Waals surface area contributed by atoms with Gasteiger partial charge in [0.2, 0.25) is 5.91 Å². The third kappa shape index (κ3) is 3.88. The van der Waals surface area contributed by atoms with Crippen molar-refractivity contribution < 1.29 is 9.18 Å². The molecule has 4 nitrogen and oxygen atoms in total. The highest BCUT2D eigenvalue weighted by molar-refractivity contribution is 5.86. The van der Waals surface area contributed by atoms with Crippen molar-refractivity contribution in [3.8, 4) is 0 Å². The van der Waals surface area contributed by atoms with Crippen LogP contribution in [0.4, 0.5) is 10.1 Å². The van der Waals surface area contributed by atoms with E-state index in [2.05, 4.69) is 49.7 Å². The molecule has 2 aliphatic heterocycles. The molecule has 2 heterocycles. The number of nitrogens with zero attached hydrogens (tertiary/aromatic N) is 2. The van der Waals surface area contributed by atoms with Crippen molar-refractivity contribution in [3.05, 3.63) is 30.1 Å². The minimum absolute atomic E-state index is 0.0247. The van der Waals surface area contributed by atoms with E-state index in [0.29, 0.717) is 6.54 Å². The Hall–Kier alpha value is -1.62. The number of rotatable bonds is 3. The maximum atomic E-state index is 13.7. The molecule has 1 aromatic carbocycles. The van der Waals surface area contributed by atoms with Crippen LogP contribution in [0.15, 0.2) is 24.3 Å². The Bertz CT molecular complexity index is 672. The van der Waals surface area contributed by atoms with Crippen molar-refractivity contribution >= 4 is 11.6 Å². The van der Waals surface area contributed by atoms with Gasteiger partial charge < -0.3 is 10.2 Å². The lowest BCUT2D eigenvalue weighted by Gasteiger charge is -2.50. The summed E-state index contributed by atoms with van der Waals surface area (Å²) in [5.74, 6) is -0.239. The van der Waals surface area contributed by atoms with E-state index in [-0.39, 0.29) is 28.3 Å². The van der Waals surface area contributed by atoms with Gasteiger partial charge in [-0.25, -0.2) is 4.39 Å². The highest BCUT2D eigenvalue weighted by atomic mass is 19.1. The summed E-state index contributed by atoms with van der Waals surface area (Å²) in [6.45, 7) is 13.6. The molecule has 0 unspecified atom stereocenters. The first kappa shape index (κ1) is 19.2. The van der Waals surface area contributed by atoms with Crippen molar-refractivity contribution in [2.45, 2.75) is 65.1 Å². The van der Waals surface area contributed by atoms with Crippen molar-refractivity contribution in [1.82, 2.24) is 10.2 Å². The zero-order chi connectivity index (χ0) is 19.2. The van der Waals surface area contributed by atoms with Gasteiger partial charge in [-0.05, 0) is 43.9 Å². The molecule has 0 radical (unpaired) electrons. The summed E-state index contributed by atoms with van der Waals surface area (Å²) >= 11 is 0. The van der Waals surface area contributed by atoms with E-state index in [9.17, 15) is 9.18 Å². The van der Waals surface area contributed by atoms with Crippen LogP contribution >= 0.6 is 0 Å². The highest BCUT2D eigenvalue weighted by Crippen LogP contribution is 2.38. The molecule has 1 spiro atoms. The zero-order valence-electron chi connectivity index (χ0n) is 16.7. The summed E-state index contributed by atoms with van der Waals surface area (Å²) in [7, 11) is 0. The van der Waals surface area contributed by atoms with Crippen molar-refractivity contribution in [2.75, 3.05) is 24.5 Å². The largest absolute Gasteiger partial charge is 0.339 e. The highest BCUT2D eigenvalue weighted by Gasteiger charge is 2.48. The van der Waals surface area contributed by atoms with Crippen LogP contribution in [0.25, 0.3) is 0 Å². The average molecular weight is 362 g/mol. The zero-order valence-corrected chi connectivity index (χ0v) is 16.7. The minimum Gasteiger partial charge on any atom is -0.339 e. The molecule has 1 amide bonds. The Morgan fingerprint density at radius 3 is 2.38 bits per heavy atom. The average Bonchev–Trinajstić information content (AvgIpc) is 2.81. The van der Waals surface area contributed by atoms with Crippen LogP contribution in [0.5, 0.6) is 0 Å². The third-order valence-electron chi connectivity index (χ3n) is 5.72. The number of anilines is 1. The lowest BCUT2D eigenvalue weighted by Crippen LogP contribution is -2.61. The number of benzene rings is 1. The predicted octanol–water partition coefficient (Wildman–Crippen LogP) is 3.77. The second-order valence-electron chi connectivity index (χ2n) is 9.68. The van der Waals surface area contributed by atoms with Crippen LogP contribution in [0, 0.1) is 11.2 Å². The van der Waals surface area contributed by atoms with Gasteiger partial charge in [-0.3, -0.25) is 9.69 Å². The maximum absolute atomic E-state index is 13.7. The molecular formula is C21H32FN3O. The maximum Gasteiger partial charge on any atom is 0.241 e. The Balaban J connectivity index is 1.77. The Kier molecular flexibility index (Phi) is 4.80. The van der Waals surface area contributed by atoms with Crippen LogP contribution < -0.4 is 10.2 Å². The summed E-state index contributed by atoms with van der Waals surface area (Å²) in [6, 6.07) is 6.57. The normalized spacial score (nSPS) is 21.3. The SMILES string of the molecule is CC(C)(C)CC(C)(C)N1CCC2(CC1)NC(=O)CN2c1cccc(F)c1. The Labute approximate surface area is 156 Å². The molecule has 144 valence electrons. The number of hydrogen-bond acceptors (Lipinski definition) is 3. The van der Waals surface area contributed by atoms with Gasteiger partial charge in [-0.2, -0.15) is 0 Å². The summed E-state index contributed by atoms with van der Waals surface area (Å²) in [4.78, 5) is 16.8. The lowest BCUT2D eigenvalue weighted by molar-refractivity contribution is -0.119. The fraction of sp³-hybridized carbons (Fsp3) is 0.667. The van der Waals surface area contributed by atoms with E-state index in [0.717, 1.165) is 38.0 Å². The number of halogens is 1. The van der Waals surface area contributed by atoms with Crippen LogP contribution in [-0.4, -0.2) is 41.6 Å². The molecule has 0 saturated carbocycles. The van der Waals surface area contributed by atoms with Crippen LogP contribution in [0.3, 0.4) is 0 Å². The van der Waals surface area contributed by atoms with E-state index in [1.54, 1.807) is 6.07 Å². The van der Waals surface area contributed by atoms with E-state index < -0.39 is 0 Å². The Morgan fingerprint density at radius 2 is 1.81 bits per heavy atom. The molecule has 2 fully saturated rings. The predicted molar refractivity (Wildman–Crippen MR) is 104 cm³/mol. The van der Waals surface area contributed by atoms with Crippen LogP contribution in [0.1, 0.15) is 53.9 Å². The van der Waals surface area contributed by atoms with Gasteiger partial charge in [0.05, 0.1) is 6.54 Å². The third-order valence-corrected chi connectivity index (χ3v) is 5.72. The molecule has 0 aliphatic carbocycles. The second-order valence-corrected chi connectivity index (χ2v) is 9.68. The number of hydrogen-bond donors (Lipinski definition) is 1. The summed E-state index contributed by atoms with van der Waals surface area (Å²) in [5.41, 5.74) is 0.782. The smallest absolute Gasteiger partial charge is 0.241 e. The number of likely N-dealkylation sites (tertiary alicyclic amines) is 1. The van der Waals surface area contributed by atoms with E-state index in [1.807, 2.05) is 6.07 Å². The number of carbonyl (C=O) groups is 1. The molecule has 0 atom stereocenters. The van der Waals surface area contributed by atoms with Gasteiger partial charge in [0.15, 0.2) is 0 Å². The van der Waals surface area contributed by atoms with Gasteiger partial charge in [0.1, 0.15) is 11.5 Å². The fourth-order valence-corrected chi connectivity index (χ4v) is 4.93. The van der Waals surface area contributed by atoms with E-state index in [4.69, 9.17) is 0 Å². The van der Waals surface area contributed by atoms with Gasteiger partial charge in [-0.15, -0.1) is 0 Å². The number of piperidine rings is 1. The van der Waals surface area contributed by atoms with Crippen molar-refractivity contribution in [2.24, 2.45) is 5.41 Å². The lowest BCUT2D eigenvalue weighted by atomic mass is 9.79. The molecule has 0 bridgehead atoms. The molecule has 3 rings (SSSR count). The quantitative estimate of drug-likeness (QED) is 0.890. The first-order chi connectivity index (χ1) is 12.0. The summed E-state index contributed by atoms with van der Waals surface area (Å²) in [6.07, 6.45) is 2.82. The monoisotopic (exact) mass is 361 g/mol. The first-order valence-corrected chi connectivity index (χ1v) is 9.60. The molecule has 1 N–H and O–H groups in total. The molecule has 2 saturated heterocycles. The van der Waals surface area contributed by atoms with Gasteiger partial charge in [-0.1, -0.05) is 26.8 Å². The van der Waals surface area contributed by atoms with Gasteiger partial charge in [0, 0.05) is 37.2 Å².